The maximum atomic E-state index is 10.1. The number of benzene rings is 2. The monoisotopic (exact) mass is 362 g/mol. The third-order valence-electron chi connectivity index (χ3n) is 4.84. The first kappa shape index (κ1) is 17.3. The van der Waals surface area contributed by atoms with E-state index >= 15 is 0 Å². The largest absolute Gasteiger partial charge is 0.507 e. The van der Waals surface area contributed by atoms with Crippen molar-refractivity contribution in [2.24, 2.45) is 0 Å². The fourth-order valence-electron chi connectivity index (χ4n) is 3.45. The highest BCUT2D eigenvalue weighted by Crippen LogP contribution is 2.32. The van der Waals surface area contributed by atoms with E-state index in [2.05, 4.69) is 39.8 Å². The van der Waals surface area contributed by atoms with E-state index in [1.165, 1.54) is 5.56 Å². The molecule has 1 aliphatic rings. The van der Waals surface area contributed by atoms with Gasteiger partial charge in [-0.1, -0.05) is 42.5 Å². The highest BCUT2D eigenvalue weighted by Gasteiger charge is 2.25. The molecule has 4 N–H and O–H groups in total. The number of nitrogens with one attached hydrogen (secondary N) is 1. The molecule has 0 aliphatic carbocycles. The zero-order chi connectivity index (χ0) is 18.6. The van der Waals surface area contributed by atoms with E-state index in [1.807, 2.05) is 12.1 Å². The number of para-hydroxylation sites is 1. The zero-order valence-corrected chi connectivity index (χ0v) is 14.9. The number of phenolic OH excluding ortho intramolecular Hbond substituents is 1. The quantitative estimate of drug-likeness (QED) is 0.661. The molecule has 2 heterocycles. The number of piperidine rings is 1. The second-order valence-electron chi connectivity index (χ2n) is 6.74. The smallest absolute Gasteiger partial charge is 0.188 e. The van der Waals surface area contributed by atoms with Crippen molar-refractivity contribution in [3.8, 4) is 22.8 Å². The normalized spacial score (nSPS) is 19.6. The number of anilines is 1. The van der Waals surface area contributed by atoms with Crippen LogP contribution in [0.2, 0.25) is 0 Å². The summed E-state index contributed by atoms with van der Waals surface area (Å²) in [5.74, 6) is 1.27. The molecule has 0 amide bonds. The Hall–Kier alpha value is -3.12. The predicted octanol–water partition coefficient (Wildman–Crippen LogP) is 2.96. The lowest BCUT2D eigenvalue weighted by Crippen LogP contribution is -2.41. The Morgan fingerprint density at radius 1 is 1.00 bits per heavy atom. The number of nitrogens with zero attached hydrogens (tertiary/aromatic N) is 2. The molecule has 2 aromatic carbocycles. The topological polar surface area (TPSA) is 93.3 Å². The van der Waals surface area contributed by atoms with Crippen LogP contribution in [0.1, 0.15) is 17.9 Å². The van der Waals surface area contributed by atoms with E-state index in [4.69, 9.17) is 10.5 Å². The molecule has 1 aromatic heterocycles. The van der Waals surface area contributed by atoms with E-state index in [9.17, 15) is 5.11 Å². The van der Waals surface area contributed by atoms with Gasteiger partial charge in [0.15, 0.2) is 11.6 Å². The van der Waals surface area contributed by atoms with Crippen LogP contribution in [-0.4, -0.2) is 34.5 Å². The summed E-state index contributed by atoms with van der Waals surface area (Å²) in [6.07, 6.45) is 0.873. The third kappa shape index (κ3) is 3.85. The number of aromatic hydroxyl groups is 1. The van der Waals surface area contributed by atoms with Crippen molar-refractivity contribution < 1.29 is 9.84 Å². The second-order valence-corrected chi connectivity index (χ2v) is 6.74. The molecule has 4 rings (SSSR count). The van der Waals surface area contributed by atoms with Gasteiger partial charge in [0.2, 0.25) is 0 Å². The molecule has 138 valence electrons. The molecular weight excluding hydrogens is 340 g/mol. The lowest BCUT2D eigenvalue weighted by Gasteiger charge is -2.31. The Kier molecular flexibility index (Phi) is 4.89. The Labute approximate surface area is 158 Å². The van der Waals surface area contributed by atoms with Crippen molar-refractivity contribution in [3.05, 3.63) is 66.2 Å². The molecule has 0 spiro atoms. The molecule has 27 heavy (non-hydrogen) atoms. The third-order valence-corrected chi connectivity index (χ3v) is 4.84. The lowest BCUT2D eigenvalue weighted by molar-refractivity contribution is 0.156. The molecule has 1 saturated heterocycles. The SMILES string of the molecule is Nc1nnc(-c2ccccc2O)cc1O[C@H]1CNC[C@@H](c2ccccc2)C1. The highest BCUT2D eigenvalue weighted by molar-refractivity contribution is 5.68. The van der Waals surface area contributed by atoms with Crippen LogP contribution in [0.5, 0.6) is 11.5 Å². The number of phenols is 1. The number of nitrogens with two attached hydrogens (primary N) is 1. The molecule has 0 saturated carbocycles. The van der Waals surface area contributed by atoms with Gasteiger partial charge in [0.25, 0.3) is 0 Å². The van der Waals surface area contributed by atoms with Crippen molar-refractivity contribution in [2.45, 2.75) is 18.4 Å². The van der Waals surface area contributed by atoms with Crippen molar-refractivity contribution in [1.82, 2.24) is 15.5 Å². The first-order valence-corrected chi connectivity index (χ1v) is 9.04. The van der Waals surface area contributed by atoms with Crippen molar-refractivity contribution in [2.75, 3.05) is 18.8 Å². The number of hydrogen-bond acceptors (Lipinski definition) is 6. The number of aromatic nitrogens is 2. The highest BCUT2D eigenvalue weighted by atomic mass is 16.5. The van der Waals surface area contributed by atoms with E-state index < -0.39 is 0 Å². The summed E-state index contributed by atoms with van der Waals surface area (Å²) < 4.78 is 6.17. The van der Waals surface area contributed by atoms with Gasteiger partial charge in [-0.3, -0.25) is 0 Å². The molecule has 0 unspecified atom stereocenters. The Morgan fingerprint density at radius 2 is 1.78 bits per heavy atom. The van der Waals surface area contributed by atoms with Gasteiger partial charge in [0, 0.05) is 24.7 Å². The van der Waals surface area contributed by atoms with Gasteiger partial charge >= 0.3 is 0 Å². The van der Waals surface area contributed by atoms with Crippen LogP contribution < -0.4 is 15.8 Å². The average molecular weight is 362 g/mol. The van der Waals surface area contributed by atoms with Gasteiger partial charge < -0.3 is 20.9 Å². The average Bonchev–Trinajstić information content (AvgIpc) is 2.71. The van der Waals surface area contributed by atoms with Crippen LogP contribution in [-0.2, 0) is 0 Å². The second kappa shape index (κ2) is 7.63. The van der Waals surface area contributed by atoms with E-state index in [1.54, 1.807) is 24.3 Å². The summed E-state index contributed by atoms with van der Waals surface area (Å²) in [6.45, 7) is 1.67. The van der Waals surface area contributed by atoms with Crippen LogP contribution >= 0.6 is 0 Å². The summed E-state index contributed by atoms with van der Waals surface area (Å²) in [5.41, 5.74) is 8.41. The van der Waals surface area contributed by atoms with Crippen LogP contribution in [0.3, 0.4) is 0 Å². The summed E-state index contributed by atoms with van der Waals surface area (Å²) in [5, 5.41) is 21.6. The Morgan fingerprint density at radius 3 is 2.59 bits per heavy atom. The van der Waals surface area contributed by atoms with Crippen molar-refractivity contribution >= 4 is 5.82 Å². The van der Waals surface area contributed by atoms with Crippen LogP contribution in [0.25, 0.3) is 11.3 Å². The number of hydrogen-bond donors (Lipinski definition) is 3. The van der Waals surface area contributed by atoms with Gasteiger partial charge in [-0.2, -0.15) is 0 Å². The maximum Gasteiger partial charge on any atom is 0.188 e. The van der Waals surface area contributed by atoms with E-state index in [0.717, 1.165) is 19.5 Å². The minimum absolute atomic E-state index is 0.0207. The van der Waals surface area contributed by atoms with Gasteiger partial charge in [-0.25, -0.2) is 0 Å². The first-order valence-electron chi connectivity index (χ1n) is 9.04. The molecule has 6 heteroatoms. The van der Waals surface area contributed by atoms with Crippen molar-refractivity contribution in [3.63, 3.8) is 0 Å². The van der Waals surface area contributed by atoms with Gasteiger partial charge in [-0.05, 0) is 30.0 Å². The lowest BCUT2D eigenvalue weighted by atomic mass is 9.90. The van der Waals surface area contributed by atoms with Crippen LogP contribution in [0, 0.1) is 0 Å². The van der Waals surface area contributed by atoms with E-state index in [-0.39, 0.29) is 17.7 Å². The van der Waals surface area contributed by atoms with Gasteiger partial charge in [-0.15, -0.1) is 10.2 Å². The molecule has 3 aromatic rings. The Balaban J connectivity index is 1.54. The molecule has 1 aliphatic heterocycles. The fourth-order valence-corrected chi connectivity index (χ4v) is 3.45. The van der Waals surface area contributed by atoms with E-state index in [0.29, 0.717) is 22.9 Å². The molecular formula is C21H22N4O2. The standard InChI is InChI=1S/C21H22N4O2/c22-21-20(11-18(24-25-21)17-8-4-5-9-19(17)26)27-16-10-15(12-23-13-16)14-6-2-1-3-7-14/h1-9,11,15-16,23,26H,10,12-13H2,(H2,22,25)/t15-,16+/m0/s1. The zero-order valence-electron chi connectivity index (χ0n) is 14.9. The molecule has 0 radical (unpaired) electrons. The molecule has 0 bridgehead atoms. The minimum atomic E-state index is -0.0207. The molecule has 1 fully saturated rings. The van der Waals surface area contributed by atoms with Crippen LogP contribution in [0.15, 0.2) is 60.7 Å². The molecule has 6 nitrogen and oxygen atoms in total. The van der Waals surface area contributed by atoms with Crippen molar-refractivity contribution in [1.29, 1.82) is 0 Å². The first-order chi connectivity index (χ1) is 13.2. The van der Waals surface area contributed by atoms with Gasteiger partial charge in [0.05, 0.1) is 0 Å². The van der Waals surface area contributed by atoms with Crippen LogP contribution in [0.4, 0.5) is 5.82 Å². The number of rotatable bonds is 4. The minimum Gasteiger partial charge on any atom is -0.507 e. The predicted molar refractivity (Wildman–Crippen MR) is 105 cm³/mol. The van der Waals surface area contributed by atoms with Gasteiger partial charge in [0.1, 0.15) is 17.5 Å². The summed E-state index contributed by atoms with van der Waals surface area (Å²) in [7, 11) is 0. The molecule has 2 atom stereocenters. The fraction of sp³-hybridized carbons (Fsp3) is 0.238. The number of nitrogen functional groups attached to an aromatic ring is 1. The maximum absolute atomic E-state index is 10.1. The summed E-state index contributed by atoms with van der Waals surface area (Å²) in [6, 6.07) is 19.2. The number of ether oxygens (including phenoxy) is 1. The summed E-state index contributed by atoms with van der Waals surface area (Å²) in [4.78, 5) is 0. The Bertz CT molecular complexity index is 917. The summed E-state index contributed by atoms with van der Waals surface area (Å²) >= 11 is 0.